The second kappa shape index (κ2) is 9.60. The van der Waals surface area contributed by atoms with Crippen molar-refractivity contribution in [3.05, 3.63) is 75.9 Å². The highest BCUT2D eigenvalue weighted by Crippen LogP contribution is 2.42. The number of anilines is 1. The summed E-state index contributed by atoms with van der Waals surface area (Å²) in [6.07, 6.45) is 1.83. The Morgan fingerprint density at radius 3 is 2.55 bits per heavy atom. The Morgan fingerprint density at radius 1 is 1.16 bits per heavy atom. The lowest BCUT2D eigenvalue weighted by Crippen LogP contribution is -2.40. The number of nitrogens with one attached hydrogen (secondary N) is 1. The van der Waals surface area contributed by atoms with E-state index in [2.05, 4.69) is 35.1 Å². The molecule has 1 fully saturated rings. The normalized spacial score (nSPS) is 15.5. The molecule has 1 saturated heterocycles. The maximum absolute atomic E-state index is 13.0. The Morgan fingerprint density at radius 2 is 1.90 bits per heavy atom. The largest absolute Gasteiger partial charge is 0.497 e. The van der Waals surface area contributed by atoms with Crippen LogP contribution in [0.5, 0.6) is 5.75 Å². The molecule has 3 aromatic rings. The quantitative estimate of drug-likeness (QED) is 0.618. The van der Waals surface area contributed by atoms with Gasteiger partial charge in [0.15, 0.2) is 0 Å². The zero-order valence-corrected chi connectivity index (χ0v) is 18.9. The summed E-state index contributed by atoms with van der Waals surface area (Å²) < 4.78 is 10.8. The molecule has 0 bridgehead atoms. The van der Waals surface area contributed by atoms with Crippen LogP contribution in [-0.2, 0) is 4.74 Å². The summed E-state index contributed by atoms with van der Waals surface area (Å²) in [5.41, 5.74) is 3.88. The molecule has 2 aromatic heterocycles. The van der Waals surface area contributed by atoms with Crippen LogP contribution >= 0.6 is 11.3 Å². The first kappa shape index (κ1) is 21.5. The number of benzene rings is 1. The van der Waals surface area contributed by atoms with Crippen molar-refractivity contribution in [1.82, 2.24) is 9.88 Å². The van der Waals surface area contributed by atoms with Crippen molar-refractivity contribution in [3.63, 3.8) is 0 Å². The molecule has 1 amide bonds. The number of rotatable bonds is 6. The number of ether oxygens (including phenoxy) is 2. The van der Waals surface area contributed by atoms with E-state index in [1.165, 1.54) is 10.4 Å². The summed E-state index contributed by atoms with van der Waals surface area (Å²) in [4.78, 5) is 21.3. The number of aromatic nitrogens is 1. The first-order valence-corrected chi connectivity index (χ1v) is 11.2. The fourth-order valence-electron chi connectivity index (χ4n) is 3.88. The van der Waals surface area contributed by atoms with E-state index < -0.39 is 0 Å². The van der Waals surface area contributed by atoms with Crippen molar-refractivity contribution in [2.24, 2.45) is 0 Å². The van der Waals surface area contributed by atoms with Gasteiger partial charge in [-0.15, -0.1) is 11.3 Å². The summed E-state index contributed by atoms with van der Waals surface area (Å²) >= 11 is 1.62. The monoisotopic (exact) mass is 437 g/mol. The first-order chi connectivity index (χ1) is 15.1. The Labute approximate surface area is 186 Å². The molecule has 0 aliphatic carbocycles. The van der Waals surface area contributed by atoms with Gasteiger partial charge in [0.05, 0.1) is 32.1 Å². The van der Waals surface area contributed by atoms with Gasteiger partial charge in [-0.1, -0.05) is 6.07 Å². The first-order valence-electron chi connectivity index (χ1n) is 10.4. The van der Waals surface area contributed by atoms with Crippen LogP contribution < -0.4 is 10.1 Å². The Kier molecular flexibility index (Phi) is 6.65. The number of nitrogens with zero attached hydrogens (tertiary/aromatic N) is 2. The van der Waals surface area contributed by atoms with Gasteiger partial charge in [-0.25, -0.2) is 0 Å². The molecular weight excluding hydrogens is 410 g/mol. The third-order valence-corrected chi connectivity index (χ3v) is 6.80. The molecule has 1 aliphatic heterocycles. The second-order valence-corrected chi connectivity index (χ2v) is 8.74. The van der Waals surface area contributed by atoms with Crippen LogP contribution in [-0.4, -0.2) is 49.2 Å². The molecule has 0 unspecified atom stereocenters. The zero-order valence-electron chi connectivity index (χ0n) is 18.1. The van der Waals surface area contributed by atoms with Crippen LogP contribution in [0.2, 0.25) is 0 Å². The molecule has 1 aromatic carbocycles. The van der Waals surface area contributed by atoms with Gasteiger partial charge in [0.1, 0.15) is 10.8 Å². The number of aryl methyl sites for hydroxylation is 1. The summed E-state index contributed by atoms with van der Waals surface area (Å²) in [6, 6.07) is 13.1. The molecule has 4 rings (SSSR count). The zero-order chi connectivity index (χ0) is 21.8. The second-order valence-electron chi connectivity index (χ2n) is 7.51. The van der Waals surface area contributed by atoms with E-state index in [1.54, 1.807) is 42.7 Å². The minimum Gasteiger partial charge on any atom is -0.497 e. The van der Waals surface area contributed by atoms with Crippen LogP contribution in [0.25, 0.3) is 0 Å². The summed E-state index contributed by atoms with van der Waals surface area (Å²) in [5.74, 6) is 0.592. The van der Waals surface area contributed by atoms with E-state index in [0.29, 0.717) is 18.8 Å². The van der Waals surface area contributed by atoms with Gasteiger partial charge >= 0.3 is 0 Å². The van der Waals surface area contributed by atoms with E-state index in [0.717, 1.165) is 35.1 Å². The van der Waals surface area contributed by atoms with Crippen molar-refractivity contribution in [2.75, 3.05) is 38.7 Å². The van der Waals surface area contributed by atoms with Crippen molar-refractivity contribution in [1.29, 1.82) is 0 Å². The molecule has 1 N–H and O–H groups in total. The summed E-state index contributed by atoms with van der Waals surface area (Å²) in [6.45, 7) is 7.25. The van der Waals surface area contributed by atoms with Gasteiger partial charge in [-0.3, -0.25) is 14.7 Å². The fraction of sp³-hybridized carbons (Fsp3) is 0.333. The number of hydrogen-bond donors (Lipinski definition) is 1. The molecule has 7 heteroatoms. The van der Waals surface area contributed by atoms with Crippen LogP contribution in [0.4, 0.5) is 5.00 Å². The Bertz CT molecular complexity index is 1030. The van der Waals surface area contributed by atoms with E-state index in [9.17, 15) is 4.79 Å². The van der Waals surface area contributed by atoms with E-state index in [4.69, 9.17) is 9.47 Å². The van der Waals surface area contributed by atoms with Gasteiger partial charge in [0.25, 0.3) is 5.91 Å². The molecule has 0 spiro atoms. The third-order valence-electron chi connectivity index (χ3n) is 5.66. The van der Waals surface area contributed by atoms with Crippen molar-refractivity contribution in [3.8, 4) is 5.75 Å². The lowest BCUT2D eigenvalue weighted by molar-refractivity contribution is 0.0233. The molecule has 162 valence electrons. The molecular formula is C24H27N3O3S. The van der Waals surface area contributed by atoms with Crippen LogP contribution in [0.3, 0.4) is 0 Å². The van der Waals surface area contributed by atoms with Gasteiger partial charge in [0.2, 0.25) is 0 Å². The minimum atomic E-state index is -0.132. The number of amides is 1. The molecule has 3 heterocycles. The van der Waals surface area contributed by atoms with Crippen LogP contribution in [0.1, 0.15) is 38.1 Å². The number of morpholine rings is 1. The minimum absolute atomic E-state index is 0.0405. The lowest BCUT2D eigenvalue weighted by Gasteiger charge is -2.35. The predicted octanol–water partition coefficient (Wildman–Crippen LogP) is 4.44. The highest BCUT2D eigenvalue weighted by Gasteiger charge is 2.31. The van der Waals surface area contributed by atoms with Gasteiger partial charge in [-0.05, 0) is 55.8 Å². The number of thiophene rings is 1. The van der Waals surface area contributed by atoms with Crippen molar-refractivity contribution in [2.45, 2.75) is 19.9 Å². The topological polar surface area (TPSA) is 63.7 Å². The molecule has 1 atom stereocenters. The summed E-state index contributed by atoms with van der Waals surface area (Å²) in [7, 11) is 1.61. The Hall–Kier alpha value is -2.74. The standard InChI is InChI=1S/C24H27N3O3S/c1-16-17(2)31-24(26-23(28)18-7-9-19(29-3)10-8-18)21(16)22(20-6-4-5-11-25-20)27-12-14-30-15-13-27/h4-11,22H,12-15H2,1-3H3,(H,26,28)/t22-/m0/s1. The van der Waals surface area contributed by atoms with Gasteiger partial charge in [-0.2, -0.15) is 0 Å². The highest BCUT2D eigenvalue weighted by molar-refractivity contribution is 7.16. The van der Waals surface area contributed by atoms with Gasteiger partial charge in [0, 0.05) is 35.3 Å². The van der Waals surface area contributed by atoms with E-state index >= 15 is 0 Å². The maximum Gasteiger partial charge on any atom is 0.256 e. The smallest absolute Gasteiger partial charge is 0.256 e. The number of carbonyl (C=O) groups excluding carboxylic acids is 1. The fourth-order valence-corrected chi connectivity index (χ4v) is 4.96. The van der Waals surface area contributed by atoms with Crippen LogP contribution in [0, 0.1) is 13.8 Å². The van der Waals surface area contributed by atoms with Crippen molar-refractivity contribution >= 4 is 22.2 Å². The van der Waals surface area contributed by atoms with Crippen LogP contribution in [0.15, 0.2) is 48.7 Å². The summed E-state index contributed by atoms with van der Waals surface area (Å²) in [5, 5.41) is 4.04. The molecule has 6 nitrogen and oxygen atoms in total. The third kappa shape index (κ3) is 4.63. The number of carbonyl (C=O) groups is 1. The van der Waals surface area contributed by atoms with E-state index in [1.807, 2.05) is 18.3 Å². The molecule has 1 aliphatic rings. The van der Waals surface area contributed by atoms with Gasteiger partial charge < -0.3 is 14.8 Å². The van der Waals surface area contributed by atoms with E-state index in [-0.39, 0.29) is 11.9 Å². The molecule has 0 radical (unpaired) electrons. The highest BCUT2D eigenvalue weighted by atomic mass is 32.1. The predicted molar refractivity (Wildman–Crippen MR) is 123 cm³/mol. The maximum atomic E-state index is 13.0. The number of methoxy groups -OCH3 is 1. The number of hydrogen-bond acceptors (Lipinski definition) is 6. The lowest BCUT2D eigenvalue weighted by atomic mass is 9.98. The Balaban J connectivity index is 1.71. The average Bonchev–Trinajstić information content (AvgIpc) is 3.08. The van der Waals surface area contributed by atoms with Crippen molar-refractivity contribution < 1.29 is 14.3 Å². The number of pyridine rings is 1. The SMILES string of the molecule is COc1ccc(C(=O)Nc2sc(C)c(C)c2[C@H](c2ccccn2)N2CCOCC2)cc1. The molecule has 0 saturated carbocycles. The average molecular weight is 438 g/mol. The molecule has 31 heavy (non-hydrogen) atoms.